The van der Waals surface area contributed by atoms with Gasteiger partial charge in [0.1, 0.15) is 17.7 Å². The van der Waals surface area contributed by atoms with E-state index in [0.717, 1.165) is 32.1 Å². The Morgan fingerprint density at radius 2 is 1.68 bits per heavy atom. The molecule has 0 aromatic rings. The molecule has 1 aliphatic carbocycles. The maximum atomic E-state index is 14.0. The Hall–Kier alpha value is -2.91. The number of hydrogen-bond donors (Lipinski definition) is 3. The van der Waals surface area contributed by atoms with E-state index in [1.165, 1.54) is 6.08 Å². The zero-order valence-corrected chi connectivity index (χ0v) is 23.6. The molecule has 1 heterocycles. The summed E-state index contributed by atoms with van der Waals surface area (Å²) >= 11 is 0. The van der Waals surface area contributed by atoms with Crippen molar-refractivity contribution in [2.75, 3.05) is 6.54 Å². The molecule has 0 aromatic heterocycles. The van der Waals surface area contributed by atoms with Gasteiger partial charge in [0.2, 0.25) is 17.6 Å². The van der Waals surface area contributed by atoms with Crippen LogP contribution >= 0.6 is 0 Å². The third-order valence-corrected chi connectivity index (χ3v) is 7.13. The molecule has 1 aliphatic heterocycles. The molecule has 3 N–H and O–H groups in total. The molecule has 0 bridgehead atoms. The van der Waals surface area contributed by atoms with Crippen LogP contribution in [0.4, 0.5) is 4.79 Å². The normalized spacial score (nSPS) is 21.7. The molecule has 0 aromatic carbocycles. The van der Waals surface area contributed by atoms with E-state index in [1.54, 1.807) is 25.7 Å². The average molecular weight is 535 g/mol. The molecule has 1 unspecified atom stereocenters. The SMILES string of the molecule is C=CCNC(=O)C(=O)C(CCC)NC(=O)[C@@H]1CC[C@H](C)N1C(=O)[C@@H](NC(=O)OC(C)(C)C)C1CCCCC1. The van der Waals surface area contributed by atoms with Crippen LogP contribution in [0, 0.1) is 5.92 Å². The number of alkyl carbamates (subject to hydrolysis) is 1. The lowest BCUT2D eigenvalue weighted by Gasteiger charge is -2.36. The predicted molar refractivity (Wildman–Crippen MR) is 144 cm³/mol. The highest BCUT2D eigenvalue weighted by Gasteiger charge is 2.44. The van der Waals surface area contributed by atoms with Gasteiger partial charge in [-0.2, -0.15) is 0 Å². The first-order valence-electron chi connectivity index (χ1n) is 13.9. The molecule has 1 saturated carbocycles. The number of nitrogens with zero attached hydrogens (tertiary/aromatic N) is 1. The lowest BCUT2D eigenvalue weighted by atomic mass is 9.83. The van der Waals surface area contributed by atoms with Crippen LogP contribution in [0.15, 0.2) is 12.7 Å². The lowest BCUT2D eigenvalue weighted by Crippen LogP contribution is -2.59. The van der Waals surface area contributed by atoms with Gasteiger partial charge in [-0.05, 0) is 65.7 Å². The Bertz CT molecular complexity index is 877. The first kappa shape index (κ1) is 31.3. The minimum Gasteiger partial charge on any atom is -0.444 e. The third-order valence-electron chi connectivity index (χ3n) is 7.13. The zero-order valence-electron chi connectivity index (χ0n) is 23.6. The third kappa shape index (κ3) is 8.84. The molecule has 2 fully saturated rings. The molecule has 10 heteroatoms. The summed E-state index contributed by atoms with van der Waals surface area (Å²) in [7, 11) is 0. The number of ketones is 1. The van der Waals surface area contributed by atoms with Crippen LogP contribution in [-0.4, -0.2) is 70.8 Å². The quantitative estimate of drug-likeness (QED) is 0.276. The van der Waals surface area contributed by atoms with Crippen molar-refractivity contribution in [1.82, 2.24) is 20.9 Å². The number of amides is 4. The molecule has 4 atom stereocenters. The van der Waals surface area contributed by atoms with Crippen LogP contribution in [-0.2, 0) is 23.9 Å². The minimum atomic E-state index is -0.987. The van der Waals surface area contributed by atoms with E-state index in [0.29, 0.717) is 25.7 Å². The van der Waals surface area contributed by atoms with Crippen molar-refractivity contribution in [3.05, 3.63) is 12.7 Å². The summed E-state index contributed by atoms with van der Waals surface area (Å²) in [6.45, 7) is 12.7. The van der Waals surface area contributed by atoms with Crippen LogP contribution in [0.3, 0.4) is 0 Å². The van der Waals surface area contributed by atoms with E-state index in [2.05, 4.69) is 22.5 Å². The second kappa shape index (κ2) is 14.3. The first-order valence-corrected chi connectivity index (χ1v) is 13.9. The van der Waals surface area contributed by atoms with Crippen LogP contribution in [0.25, 0.3) is 0 Å². The Morgan fingerprint density at radius 1 is 1.03 bits per heavy atom. The highest BCUT2D eigenvalue weighted by molar-refractivity contribution is 6.38. The van der Waals surface area contributed by atoms with Crippen molar-refractivity contribution < 1.29 is 28.7 Å². The summed E-state index contributed by atoms with van der Waals surface area (Å²) in [5.74, 6) is -2.34. The van der Waals surface area contributed by atoms with E-state index >= 15 is 0 Å². The molecule has 0 spiro atoms. The van der Waals surface area contributed by atoms with Crippen LogP contribution in [0.1, 0.15) is 92.4 Å². The van der Waals surface area contributed by atoms with Gasteiger partial charge in [0.25, 0.3) is 5.91 Å². The van der Waals surface area contributed by atoms with E-state index in [4.69, 9.17) is 4.74 Å². The van der Waals surface area contributed by atoms with Crippen LogP contribution in [0.5, 0.6) is 0 Å². The molecule has 38 heavy (non-hydrogen) atoms. The van der Waals surface area contributed by atoms with Crippen LogP contribution < -0.4 is 16.0 Å². The van der Waals surface area contributed by atoms with Crippen molar-refractivity contribution >= 4 is 29.6 Å². The number of hydrogen-bond acceptors (Lipinski definition) is 6. The van der Waals surface area contributed by atoms with Gasteiger partial charge in [-0.25, -0.2) is 4.79 Å². The molecule has 214 valence electrons. The van der Waals surface area contributed by atoms with Gasteiger partial charge in [0.05, 0.1) is 6.04 Å². The highest BCUT2D eigenvalue weighted by atomic mass is 16.6. The number of ether oxygens (including phenoxy) is 1. The van der Waals surface area contributed by atoms with Crippen molar-refractivity contribution in [1.29, 1.82) is 0 Å². The van der Waals surface area contributed by atoms with Gasteiger partial charge < -0.3 is 25.6 Å². The van der Waals surface area contributed by atoms with Gasteiger partial charge >= 0.3 is 6.09 Å². The fourth-order valence-corrected chi connectivity index (χ4v) is 5.29. The fraction of sp³-hybridized carbons (Fsp3) is 0.750. The molecular weight excluding hydrogens is 488 g/mol. The second-order valence-electron chi connectivity index (χ2n) is 11.4. The highest BCUT2D eigenvalue weighted by Crippen LogP contribution is 2.31. The summed E-state index contributed by atoms with van der Waals surface area (Å²) in [6, 6.07) is -2.81. The molecule has 1 saturated heterocycles. The largest absolute Gasteiger partial charge is 0.444 e. The Kier molecular flexibility index (Phi) is 11.8. The van der Waals surface area contributed by atoms with Gasteiger partial charge in [0.15, 0.2) is 0 Å². The van der Waals surface area contributed by atoms with Gasteiger partial charge in [-0.3, -0.25) is 19.2 Å². The number of rotatable bonds is 11. The molecule has 2 rings (SSSR count). The van der Waals surface area contributed by atoms with Gasteiger partial charge in [0, 0.05) is 12.6 Å². The van der Waals surface area contributed by atoms with E-state index in [1.807, 2.05) is 13.8 Å². The standard InChI is InChI=1S/C28H46N4O6/c1-7-12-20(23(33)25(35)29-17-8-2)30-24(34)21-16-15-18(3)32(21)26(36)22(19-13-10-9-11-14-19)31-27(37)38-28(4,5)6/h8,18-22H,2,7,9-17H2,1,3-6H3,(H,29,35)(H,30,34)(H,31,37)/t18-,20?,21-,22-/m0/s1. The first-order chi connectivity index (χ1) is 17.9. The molecule has 10 nitrogen and oxygen atoms in total. The zero-order chi connectivity index (χ0) is 28.5. The Labute approximate surface area is 226 Å². The predicted octanol–water partition coefficient (Wildman–Crippen LogP) is 3.00. The fourth-order valence-electron chi connectivity index (χ4n) is 5.29. The number of carbonyl (C=O) groups excluding carboxylic acids is 5. The summed E-state index contributed by atoms with van der Waals surface area (Å²) in [5.41, 5.74) is -0.716. The maximum absolute atomic E-state index is 14.0. The molecule has 2 aliphatic rings. The number of carbonyl (C=O) groups is 5. The number of Topliss-reactive ketones (excluding diaryl/α,β-unsaturated/α-hetero) is 1. The molecule has 0 radical (unpaired) electrons. The lowest BCUT2D eigenvalue weighted by molar-refractivity contribution is -0.144. The summed E-state index contributed by atoms with van der Waals surface area (Å²) in [4.78, 5) is 66.6. The van der Waals surface area contributed by atoms with Crippen molar-refractivity contribution in [2.45, 2.75) is 122 Å². The maximum Gasteiger partial charge on any atom is 0.408 e. The summed E-state index contributed by atoms with van der Waals surface area (Å²) in [5, 5.41) is 8.01. The van der Waals surface area contributed by atoms with Crippen molar-refractivity contribution in [2.24, 2.45) is 5.92 Å². The van der Waals surface area contributed by atoms with Crippen molar-refractivity contribution in [3.63, 3.8) is 0 Å². The molecule has 4 amide bonds. The second-order valence-corrected chi connectivity index (χ2v) is 11.4. The summed E-state index contributed by atoms with van der Waals surface area (Å²) < 4.78 is 5.45. The molecular formula is C28H46N4O6. The van der Waals surface area contributed by atoms with E-state index < -0.39 is 47.4 Å². The Morgan fingerprint density at radius 3 is 2.26 bits per heavy atom. The topological polar surface area (TPSA) is 134 Å². The van der Waals surface area contributed by atoms with Gasteiger partial charge in [-0.15, -0.1) is 6.58 Å². The minimum absolute atomic E-state index is 0.0525. The van der Waals surface area contributed by atoms with Crippen molar-refractivity contribution in [3.8, 4) is 0 Å². The monoisotopic (exact) mass is 534 g/mol. The van der Waals surface area contributed by atoms with E-state index in [9.17, 15) is 24.0 Å². The summed E-state index contributed by atoms with van der Waals surface area (Å²) in [6.07, 6.45) is 7.36. The number of nitrogens with one attached hydrogen (secondary N) is 3. The average Bonchev–Trinajstić information content (AvgIpc) is 3.25. The number of likely N-dealkylation sites (tertiary alicyclic amines) is 1. The van der Waals surface area contributed by atoms with E-state index in [-0.39, 0.29) is 24.4 Å². The van der Waals surface area contributed by atoms with Gasteiger partial charge in [-0.1, -0.05) is 38.7 Å². The Balaban J connectivity index is 2.23. The van der Waals surface area contributed by atoms with Crippen LogP contribution in [0.2, 0.25) is 0 Å². The smallest absolute Gasteiger partial charge is 0.408 e.